The normalized spacial score (nSPS) is 12.6. The van der Waals surface area contributed by atoms with E-state index in [0.717, 1.165) is 0 Å². The Hall–Kier alpha value is -3.81. The van der Waals surface area contributed by atoms with Gasteiger partial charge in [0.1, 0.15) is 5.70 Å². The summed E-state index contributed by atoms with van der Waals surface area (Å²) in [6.07, 6.45) is 2.84. The average molecular weight is 482 g/mol. The molecule has 3 aromatic rings. The Morgan fingerprint density at radius 3 is 2.39 bits per heavy atom. The van der Waals surface area contributed by atoms with Crippen LogP contribution in [0.25, 0.3) is 6.08 Å². The molecule has 0 radical (unpaired) electrons. The first-order valence-electron chi connectivity index (χ1n) is 9.76. The summed E-state index contributed by atoms with van der Waals surface area (Å²) in [5.41, 5.74) is 3.84. The number of ether oxygens (including phenoxy) is 2. The lowest BCUT2D eigenvalue weighted by Gasteiger charge is -2.09. The van der Waals surface area contributed by atoms with Crippen LogP contribution in [-0.4, -0.2) is 24.8 Å². The second-order valence-electron chi connectivity index (χ2n) is 6.83. The van der Waals surface area contributed by atoms with Crippen molar-refractivity contribution < 1.29 is 19.1 Å². The van der Waals surface area contributed by atoms with Crippen molar-refractivity contribution in [2.75, 3.05) is 6.79 Å². The van der Waals surface area contributed by atoms with Gasteiger partial charge in [0.2, 0.25) is 6.79 Å². The molecule has 33 heavy (non-hydrogen) atoms. The molecule has 9 heteroatoms. The summed E-state index contributed by atoms with van der Waals surface area (Å²) < 4.78 is 10.7. The van der Waals surface area contributed by atoms with E-state index in [0.29, 0.717) is 38.2 Å². The number of nitrogens with zero attached hydrogens (tertiary/aromatic N) is 1. The number of halogens is 2. The number of fused-ring (bicyclic) bond motifs is 1. The molecule has 0 unspecified atom stereocenters. The first-order chi connectivity index (χ1) is 16.0. The van der Waals surface area contributed by atoms with Crippen LogP contribution in [0.2, 0.25) is 10.0 Å². The van der Waals surface area contributed by atoms with E-state index in [1.54, 1.807) is 66.7 Å². The summed E-state index contributed by atoms with van der Waals surface area (Å²) in [6, 6.07) is 18.7. The number of rotatable bonds is 6. The molecule has 0 atom stereocenters. The first kappa shape index (κ1) is 22.4. The number of amides is 2. The van der Waals surface area contributed by atoms with Gasteiger partial charge in [0.05, 0.1) is 16.3 Å². The van der Waals surface area contributed by atoms with Crippen LogP contribution in [-0.2, 0) is 4.79 Å². The molecule has 0 saturated heterocycles. The molecule has 0 aliphatic carbocycles. The average Bonchev–Trinajstić information content (AvgIpc) is 3.29. The van der Waals surface area contributed by atoms with Gasteiger partial charge in [-0.05, 0) is 48.0 Å². The van der Waals surface area contributed by atoms with E-state index in [-0.39, 0.29) is 12.5 Å². The lowest BCUT2D eigenvalue weighted by Crippen LogP contribution is -2.32. The molecule has 7 nitrogen and oxygen atoms in total. The van der Waals surface area contributed by atoms with Crippen LogP contribution >= 0.6 is 23.2 Å². The Bertz CT molecular complexity index is 1240. The molecule has 166 valence electrons. The largest absolute Gasteiger partial charge is 0.454 e. The molecule has 4 rings (SSSR count). The van der Waals surface area contributed by atoms with E-state index in [4.69, 9.17) is 32.7 Å². The number of carbonyl (C=O) groups excluding carboxylic acids is 2. The Labute approximate surface area is 199 Å². The van der Waals surface area contributed by atoms with Gasteiger partial charge in [-0.2, -0.15) is 5.10 Å². The third kappa shape index (κ3) is 5.52. The minimum Gasteiger partial charge on any atom is -0.454 e. The SMILES string of the molecule is O=C(NN=Cc1c(Cl)cccc1Cl)C(=Cc1ccc2c(c1)OCO2)NC(=O)c1ccccc1. The van der Waals surface area contributed by atoms with Crippen LogP contribution in [0.1, 0.15) is 21.5 Å². The van der Waals surface area contributed by atoms with Crippen molar-refractivity contribution in [3.63, 3.8) is 0 Å². The van der Waals surface area contributed by atoms with E-state index in [1.807, 2.05) is 0 Å². The third-order valence-electron chi connectivity index (χ3n) is 4.60. The molecule has 0 fully saturated rings. The predicted molar refractivity (Wildman–Crippen MR) is 127 cm³/mol. The third-order valence-corrected chi connectivity index (χ3v) is 5.26. The van der Waals surface area contributed by atoms with Gasteiger partial charge in [-0.1, -0.05) is 53.5 Å². The Balaban J connectivity index is 1.58. The summed E-state index contributed by atoms with van der Waals surface area (Å²) in [4.78, 5) is 25.6. The summed E-state index contributed by atoms with van der Waals surface area (Å²) >= 11 is 12.2. The fourth-order valence-electron chi connectivity index (χ4n) is 2.96. The number of nitrogens with one attached hydrogen (secondary N) is 2. The van der Waals surface area contributed by atoms with Gasteiger partial charge < -0.3 is 14.8 Å². The van der Waals surface area contributed by atoms with Crippen molar-refractivity contribution in [2.24, 2.45) is 5.10 Å². The van der Waals surface area contributed by atoms with Gasteiger partial charge in [0, 0.05) is 11.1 Å². The molecule has 0 saturated carbocycles. The monoisotopic (exact) mass is 481 g/mol. The van der Waals surface area contributed by atoms with Crippen molar-refractivity contribution in [3.8, 4) is 11.5 Å². The topological polar surface area (TPSA) is 89.0 Å². The van der Waals surface area contributed by atoms with Crippen molar-refractivity contribution in [3.05, 3.63) is 99.2 Å². The Kier molecular flexibility index (Phi) is 6.92. The molecule has 0 aromatic heterocycles. The van der Waals surface area contributed by atoms with Crippen LogP contribution < -0.4 is 20.2 Å². The van der Waals surface area contributed by atoms with Crippen LogP contribution in [0.5, 0.6) is 11.5 Å². The highest BCUT2D eigenvalue weighted by Gasteiger charge is 2.17. The number of carbonyl (C=O) groups is 2. The smallest absolute Gasteiger partial charge is 0.287 e. The lowest BCUT2D eigenvalue weighted by atomic mass is 10.1. The van der Waals surface area contributed by atoms with Crippen LogP contribution in [0.3, 0.4) is 0 Å². The second-order valence-corrected chi connectivity index (χ2v) is 7.64. The zero-order valence-electron chi connectivity index (χ0n) is 17.0. The quantitative estimate of drug-likeness (QED) is 0.304. The number of hydrogen-bond donors (Lipinski definition) is 2. The lowest BCUT2D eigenvalue weighted by molar-refractivity contribution is -0.117. The predicted octanol–water partition coefficient (Wildman–Crippen LogP) is 4.64. The Morgan fingerprint density at radius 1 is 0.909 bits per heavy atom. The zero-order valence-corrected chi connectivity index (χ0v) is 18.6. The van der Waals surface area contributed by atoms with Crippen molar-refractivity contribution in [2.45, 2.75) is 0 Å². The molecule has 0 spiro atoms. The van der Waals surface area contributed by atoms with Crippen LogP contribution in [0.15, 0.2) is 77.5 Å². The zero-order chi connectivity index (χ0) is 23.2. The van der Waals surface area contributed by atoms with Crippen molar-refractivity contribution in [1.82, 2.24) is 10.7 Å². The fourth-order valence-corrected chi connectivity index (χ4v) is 3.46. The second kappa shape index (κ2) is 10.2. The molecule has 1 aliphatic heterocycles. The highest BCUT2D eigenvalue weighted by Crippen LogP contribution is 2.33. The number of benzene rings is 3. The highest BCUT2D eigenvalue weighted by molar-refractivity contribution is 6.38. The molecule has 2 N–H and O–H groups in total. The molecule has 1 aliphatic rings. The number of hydrazone groups is 1. The Morgan fingerprint density at radius 2 is 1.64 bits per heavy atom. The fraction of sp³-hybridized carbons (Fsp3) is 0.0417. The maximum atomic E-state index is 12.9. The van der Waals surface area contributed by atoms with Gasteiger partial charge >= 0.3 is 0 Å². The van der Waals surface area contributed by atoms with Gasteiger partial charge in [-0.15, -0.1) is 0 Å². The van der Waals surface area contributed by atoms with E-state index in [9.17, 15) is 9.59 Å². The van der Waals surface area contributed by atoms with Crippen molar-refractivity contribution in [1.29, 1.82) is 0 Å². The van der Waals surface area contributed by atoms with E-state index in [2.05, 4.69) is 15.8 Å². The maximum absolute atomic E-state index is 12.9. The standard InChI is InChI=1S/C24H17Cl2N3O4/c25-18-7-4-8-19(26)17(18)13-27-29-24(31)20(28-23(30)16-5-2-1-3-6-16)11-15-9-10-21-22(12-15)33-14-32-21/h1-13H,14H2,(H,28,30)(H,29,31). The molecule has 1 heterocycles. The summed E-state index contributed by atoms with van der Waals surface area (Å²) in [6.45, 7) is 0.125. The minimum absolute atomic E-state index is 0.0230. The summed E-state index contributed by atoms with van der Waals surface area (Å²) in [5.74, 6) is 0.0595. The van der Waals surface area contributed by atoms with Gasteiger partial charge in [-0.3, -0.25) is 9.59 Å². The molecular weight excluding hydrogens is 465 g/mol. The van der Waals surface area contributed by atoms with Gasteiger partial charge in [0.25, 0.3) is 11.8 Å². The van der Waals surface area contributed by atoms with Gasteiger partial charge in [0.15, 0.2) is 11.5 Å². The summed E-state index contributed by atoms with van der Waals surface area (Å²) in [5, 5.41) is 7.33. The van der Waals surface area contributed by atoms with Crippen LogP contribution in [0.4, 0.5) is 0 Å². The van der Waals surface area contributed by atoms with Gasteiger partial charge in [-0.25, -0.2) is 5.43 Å². The van der Waals surface area contributed by atoms with Crippen LogP contribution in [0, 0.1) is 0 Å². The molecule has 0 bridgehead atoms. The van der Waals surface area contributed by atoms with E-state index >= 15 is 0 Å². The molecule has 2 amide bonds. The van der Waals surface area contributed by atoms with E-state index in [1.165, 1.54) is 12.3 Å². The summed E-state index contributed by atoms with van der Waals surface area (Å²) in [7, 11) is 0. The highest BCUT2D eigenvalue weighted by atomic mass is 35.5. The van der Waals surface area contributed by atoms with E-state index < -0.39 is 11.8 Å². The molecule has 3 aromatic carbocycles. The maximum Gasteiger partial charge on any atom is 0.287 e. The number of hydrogen-bond acceptors (Lipinski definition) is 5. The van der Waals surface area contributed by atoms with Crippen molar-refractivity contribution >= 4 is 47.3 Å². The molecular formula is C24H17Cl2N3O4. The minimum atomic E-state index is -0.642. The first-order valence-corrected chi connectivity index (χ1v) is 10.5.